The molecule has 0 saturated heterocycles. The lowest BCUT2D eigenvalue weighted by Gasteiger charge is -2.30. The molecule has 1 unspecified atom stereocenters. The highest BCUT2D eigenvalue weighted by atomic mass is 127. The molecule has 0 aromatic heterocycles. The first kappa shape index (κ1) is 13.1. The van der Waals surface area contributed by atoms with Crippen molar-refractivity contribution in [1.82, 2.24) is 4.90 Å². The van der Waals surface area contributed by atoms with Crippen LogP contribution in [0.3, 0.4) is 0 Å². The van der Waals surface area contributed by atoms with Crippen LogP contribution in [0.5, 0.6) is 0 Å². The van der Waals surface area contributed by atoms with Crippen LogP contribution in [-0.2, 0) is 4.79 Å². The van der Waals surface area contributed by atoms with E-state index in [-0.39, 0.29) is 9.83 Å². The van der Waals surface area contributed by atoms with E-state index in [4.69, 9.17) is 0 Å². The van der Waals surface area contributed by atoms with Gasteiger partial charge in [-0.3, -0.25) is 4.79 Å². The number of rotatable bonds is 2. The Kier molecular flexibility index (Phi) is 4.25. The number of alkyl halides is 1. The minimum absolute atomic E-state index is 0.0757. The molecule has 0 saturated carbocycles. The molecule has 0 radical (unpaired) electrons. The van der Waals surface area contributed by atoms with Gasteiger partial charge in [0, 0.05) is 16.7 Å². The Morgan fingerprint density at radius 1 is 1.41 bits per heavy atom. The number of halogens is 2. The molecule has 90 valence electrons. The van der Waals surface area contributed by atoms with Gasteiger partial charge < -0.3 is 4.90 Å². The zero-order valence-electron chi connectivity index (χ0n) is 9.49. The lowest BCUT2D eigenvalue weighted by atomic mass is 10.0. The third kappa shape index (κ3) is 2.73. The van der Waals surface area contributed by atoms with E-state index < -0.39 is 0 Å². The lowest BCUT2D eigenvalue weighted by molar-refractivity contribution is -0.127. The van der Waals surface area contributed by atoms with Crippen molar-refractivity contribution >= 4 is 50.1 Å². The molecular weight excluding hydrogens is 393 g/mol. The summed E-state index contributed by atoms with van der Waals surface area (Å²) in [5.41, 5.74) is 2.14. The number of carbonyl (C=O) groups is 1. The van der Waals surface area contributed by atoms with Crippen LogP contribution in [0.2, 0.25) is 0 Å². The van der Waals surface area contributed by atoms with Gasteiger partial charge in [0.15, 0.2) is 0 Å². The highest BCUT2D eigenvalue weighted by Crippen LogP contribution is 2.29. The van der Waals surface area contributed by atoms with Crippen molar-refractivity contribution in [2.45, 2.75) is 17.3 Å². The van der Waals surface area contributed by atoms with Gasteiger partial charge in [0.1, 0.15) is 0 Å². The molecule has 1 aliphatic heterocycles. The molecule has 4 heteroatoms. The fraction of sp³-hybridized carbons (Fsp3) is 0.308. The monoisotopic (exact) mass is 405 g/mol. The lowest BCUT2D eigenvalue weighted by Crippen LogP contribution is -2.37. The van der Waals surface area contributed by atoms with Crippen molar-refractivity contribution in [3.8, 4) is 0 Å². The molecule has 17 heavy (non-hydrogen) atoms. The van der Waals surface area contributed by atoms with Crippen LogP contribution in [0.1, 0.15) is 18.9 Å². The molecule has 0 N–H and O–H groups in total. The van der Waals surface area contributed by atoms with Crippen molar-refractivity contribution < 1.29 is 4.79 Å². The molecule has 2 nitrogen and oxygen atoms in total. The van der Waals surface area contributed by atoms with E-state index in [9.17, 15) is 4.79 Å². The molecule has 2 rings (SSSR count). The summed E-state index contributed by atoms with van der Waals surface area (Å²) < 4.78 is 1.13. The molecule has 0 aliphatic carbocycles. The zero-order chi connectivity index (χ0) is 12.4. The zero-order valence-corrected chi connectivity index (χ0v) is 13.2. The summed E-state index contributed by atoms with van der Waals surface area (Å²) >= 11 is 5.63. The van der Waals surface area contributed by atoms with Crippen molar-refractivity contribution in [2.24, 2.45) is 0 Å². The van der Waals surface area contributed by atoms with Crippen LogP contribution >= 0.6 is 38.5 Å². The number of allylic oxidation sites excluding steroid dienone is 1. The Bertz CT molecular complexity index is 455. The molecule has 0 bridgehead atoms. The number of nitrogens with zero attached hydrogens (tertiary/aromatic N) is 1. The predicted molar refractivity (Wildman–Crippen MR) is 81.9 cm³/mol. The average molecular weight is 406 g/mol. The number of hydrogen-bond donors (Lipinski definition) is 0. The number of amides is 1. The molecule has 1 aromatic rings. The van der Waals surface area contributed by atoms with Gasteiger partial charge in [0.2, 0.25) is 5.91 Å². The van der Waals surface area contributed by atoms with E-state index in [1.807, 2.05) is 36.1 Å². The molecule has 1 aromatic carbocycles. The van der Waals surface area contributed by atoms with Crippen LogP contribution in [0.25, 0.3) is 5.70 Å². The summed E-state index contributed by atoms with van der Waals surface area (Å²) in [4.78, 5) is 13.9. The number of benzene rings is 1. The highest BCUT2D eigenvalue weighted by molar-refractivity contribution is 14.1. The smallest absolute Gasteiger partial charge is 0.240 e. The first-order chi connectivity index (χ1) is 8.13. The van der Waals surface area contributed by atoms with Gasteiger partial charge in [-0.05, 0) is 31.0 Å². The minimum atomic E-state index is 0.0757. The maximum absolute atomic E-state index is 12.1. The normalized spacial score (nSPS) is 20.4. The second kappa shape index (κ2) is 5.52. The molecule has 0 spiro atoms. The highest BCUT2D eigenvalue weighted by Gasteiger charge is 2.27. The van der Waals surface area contributed by atoms with E-state index in [2.05, 4.69) is 44.6 Å². The van der Waals surface area contributed by atoms with Gasteiger partial charge in [-0.2, -0.15) is 0 Å². The quantitative estimate of drug-likeness (QED) is 0.540. The van der Waals surface area contributed by atoms with E-state index in [0.717, 1.165) is 28.7 Å². The minimum Gasteiger partial charge on any atom is -0.312 e. The maximum atomic E-state index is 12.1. The Balaban J connectivity index is 2.36. The summed E-state index contributed by atoms with van der Waals surface area (Å²) in [6.07, 6.45) is 2.98. The molecule has 1 atom stereocenters. The Hall–Kier alpha value is -0.360. The van der Waals surface area contributed by atoms with Gasteiger partial charge in [0.25, 0.3) is 0 Å². The summed E-state index contributed by atoms with van der Waals surface area (Å²) in [5.74, 6) is 0.216. The van der Waals surface area contributed by atoms with E-state index in [1.54, 1.807) is 0 Å². The predicted octanol–water partition coefficient (Wildman–Crippen LogP) is 3.85. The summed E-state index contributed by atoms with van der Waals surface area (Å²) in [6, 6.07) is 8.09. The molecular formula is C13H13BrINO. The number of carbonyl (C=O) groups excluding carboxylic acids is 1. The fourth-order valence-corrected chi connectivity index (χ4v) is 2.79. The van der Waals surface area contributed by atoms with E-state index in [1.165, 1.54) is 0 Å². The summed E-state index contributed by atoms with van der Waals surface area (Å²) in [5, 5.41) is 0. The topological polar surface area (TPSA) is 20.3 Å². The Morgan fingerprint density at radius 3 is 2.65 bits per heavy atom. The molecule has 0 fully saturated rings. The number of hydrogen-bond acceptors (Lipinski definition) is 1. The first-order valence-corrected chi connectivity index (χ1v) is 7.59. The maximum Gasteiger partial charge on any atom is 0.240 e. The van der Waals surface area contributed by atoms with Crippen LogP contribution in [0.4, 0.5) is 0 Å². The largest absolute Gasteiger partial charge is 0.312 e. The van der Waals surface area contributed by atoms with E-state index >= 15 is 0 Å². The fourth-order valence-electron chi connectivity index (χ4n) is 1.93. The SMILES string of the molecule is CCN1C(=O)C(I)CC=C1c1ccc(Br)cc1. The molecule has 1 aliphatic rings. The van der Waals surface area contributed by atoms with E-state index in [0.29, 0.717) is 0 Å². The van der Waals surface area contributed by atoms with Gasteiger partial charge in [-0.1, -0.05) is 56.7 Å². The van der Waals surface area contributed by atoms with Gasteiger partial charge >= 0.3 is 0 Å². The third-order valence-electron chi connectivity index (χ3n) is 2.80. The summed E-state index contributed by atoms with van der Waals surface area (Å²) in [6.45, 7) is 2.74. The third-order valence-corrected chi connectivity index (χ3v) is 4.37. The second-order valence-electron chi connectivity index (χ2n) is 3.88. The van der Waals surface area contributed by atoms with Crippen LogP contribution in [-0.4, -0.2) is 21.3 Å². The standard InChI is InChI=1S/C13H13BrINO/c1-2-16-12(8-7-11(15)13(16)17)9-3-5-10(14)6-4-9/h3-6,8,11H,2,7H2,1H3. The van der Waals surface area contributed by atoms with Crippen molar-refractivity contribution in [1.29, 1.82) is 0 Å². The average Bonchev–Trinajstić information content (AvgIpc) is 2.34. The second-order valence-corrected chi connectivity index (χ2v) is 6.30. The van der Waals surface area contributed by atoms with Crippen LogP contribution in [0.15, 0.2) is 34.8 Å². The van der Waals surface area contributed by atoms with Crippen molar-refractivity contribution in [2.75, 3.05) is 6.54 Å². The van der Waals surface area contributed by atoms with Crippen LogP contribution in [0, 0.1) is 0 Å². The molecule has 1 heterocycles. The van der Waals surface area contributed by atoms with Crippen molar-refractivity contribution in [3.63, 3.8) is 0 Å². The molecule has 1 amide bonds. The van der Waals surface area contributed by atoms with Crippen LogP contribution < -0.4 is 0 Å². The Labute approximate surface area is 123 Å². The Morgan fingerprint density at radius 2 is 2.06 bits per heavy atom. The van der Waals surface area contributed by atoms with Gasteiger partial charge in [-0.15, -0.1) is 0 Å². The van der Waals surface area contributed by atoms with Crippen molar-refractivity contribution in [3.05, 3.63) is 40.4 Å². The summed E-state index contributed by atoms with van der Waals surface area (Å²) in [7, 11) is 0. The van der Waals surface area contributed by atoms with Gasteiger partial charge in [-0.25, -0.2) is 0 Å². The van der Waals surface area contributed by atoms with Gasteiger partial charge in [0.05, 0.1) is 3.92 Å². The first-order valence-electron chi connectivity index (χ1n) is 5.55.